The summed E-state index contributed by atoms with van der Waals surface area (Å²) in [6, 6.07) is 12.0. The van der Waals surface area contributed by atoms with Gasteiger partial charge in [0, 0.05) is 18.5 Å². The summed E-state index contributed by atoms with van der Waals surface area (Å²) in [5.74, 6) is -0.817. The number of nitrogens with one attached hydrogen (secondary N) is 1. The zero-order chi connectivity index (χ0) is 18.3. The number of aromatic nitrogens is 2. The van der Waals surface area contributed by atoms with Crippen LogP contribution in [0.25, 0.3) is 11.3 Å². The number of aliphatic carboxylic acids is 1. The number of carboxylic acid groups (broad SMARTS) is 1. The minimum absolute atomic E-state index is 0.0200. The molecule has 136 valence electrons. The molecule has 2 aliphatic rings. The lowest BCUT2D eigenvalue weighted by Gasteiger charge is -2.56. The van der Waals surface area contributed by atoms with Gasteiger partial charge in [0.25, 0.3) is 0 Å². The zero-order valence-corrected chi connectivity index (χ0v) is 14.8. The van der Waals surface area contributed by atoms with Gasteiger partial charge < -0.3 is 10.4 Å². The van der Waals surface area contributed by atoms with Crippen molar-refractivity contribution in [1.82, 2.24) is 15.1 Å². The van der Waals surface area contributed by atoms with Gasteiger partial charge in [-0.2, -0.15) is 5.10 Å². The molecule has 4 rings (SSSR count). The van der Waals surface area contributed by atoms with Crippen LogP contribution in [0.2, 0.25) is 0 Å². The SMILES string of the molecule is Cn1nc(-c2ccccc2)cc1CNC(=O)C1CC2(CC(C(=O)O)C2)C1. The molecule has 1 aromatic heterocycles. The number of carboxylic acids is 1. The van der Waals surface area contributed by atoms with Crippen LogP contribution < -0.4 is 5.32 Å². The van der Waals surface area contributed by atoms with E-state index in [1.165, 1.54) is 0 Å². The van der Waals surface area contributed by atoms with Gasteiger partial charge in [-0.3, -0.25) is 14.3 Å². The molecule has 2 N–H and O–H groups in total. The van der Waals surface area contributed by atoms with Gasteiger partial charge in [-0.25, -0.2) is 0 Å². The van der Waals surface area contributed by atoms with Gasteiger partial charge in [0.05, 0.1) is 23.9 Å². The first-order chi connectivity index (χ1) is 12.5. The number of carbonyl (C=O) groups is 2. The number of benzene rings is 1. The third-order valence-electron chi connectivity index (χ3n) is 5.93. The highest BCUT2D eigenvalue weighted by Gasteiger charge is 2.56. The summed E-state index contributed by atoms with van der Waals surface area (Å²) < 4.78 is 1.80. The van der Waals surface area contributed by atoms with Gasteiger partial charge in [-0.05, 0) is 37.2 Å². The average molecular weight is 353 g/mol. The lowest BCUT2D eigenvalue weighted by molar-refractivity contribution is -0.161. The van der Waals surface area contributed by atoms with Crippen LogP contribution in [0.3, 0.4) is 0 Å². The Hall–Kier alpha value is -2.63. The van der Waals surface area contributed by atoms with Crippen molar-refractivity contribution < 1.29 is 14.7 Å². The highest BCUT2D eigenvalue weighted by atomic mass is 16.4. The molecule has 26 heavy (non-hydrogen) atoms. The first kappa shape index (κ1) is 16.8. The van der Waals surface area contributed by atoms with Crippen molar-refractivity contribution in [2.45, 2.75) is 32.2 Å². The predicted octanol–water partition coefficient (Wildman–Crippen LogP) is 2.59. The van der Waals surface area contributed by atoms with E-state index in [1.54, 1.807) is 4.68 Å². The van der Waals surface area contributed by atoms with Gasteiger partial charge in [-0.1, -0.05) is 30.3 Å². The zero-order valence-electron chi connectivity index (χ0n) is 14.8. The highest BCUT2D eigenvalue weighted by molar-refractivity contribution is 5.80. The van der Waals surface area contributed by atoms with E-state index in [2.05, 4.69) is 10.4 Å². The summed E-state index contributed by atoms with van der Waals surface area (Å²) in [6.07, 6.45) is 3.11. The molecule has 0 saturated heterocycles. The maximum Gasteiger partial charge on any atom is 0.306 e. The number of nitrogens with zero attached hydrogens (tertiary/aromatic N) is 2. The largest absolute Gasteiger partial charge is 0.481 e. The van der Waals surface area contributed by atoms with Crippen molar-refractivity contribution in [3.8, 4) is 11.3 Å². The van der Waals surface area contributed by atoms with E-state index in [0.29, 0.717) is 6.54 Å². The minimum atomic E-state index is -0.700. The fraction of sp³-hybridized carbons (Fsp3) is 0.450. The molecule has 1 amide bonds. The van der Waals surface area contributed by atoms with Gasteiger partial charge >= 0.3 is 5.97 Å². The van der Waals surface area contributed by atoms with Crippen molar-refractivity contribution >= 4 is 11.9 Å². The van der Waals surface area contributed by atoms with Crippen LogP contribution >= 0.6 is 0 Å². The third-order valence-corrected chi connectivity index (χ3v) is 5.93. The van der Waals surface area contributed by atoms with Crippen molar-refractivity contribution in [3.63, 3.8) is 0 Å². The first-order valence-electron chi connectivity index (χ1n) is 9.05. The second-order valence-electron chi connectivity index (χ2n) is 7.78. The summed E-state index contributed by atoms with van der Waals surface area (Å²) >= 11 is 0. The van der Waals surface area contributed by atoms with E-state index in [9.17, 15) is 9.59 Å². The number of amides is 1. The quantitative estimate of drug-likeness (QED) is 0.865. The summed E-state index contributed by atoms with van der Waals surface area (Å²) in [6.45, 7) is 0.455. The summed E-state index contributed by atoms with van der Waals surface area (Å²) in [5, 5.41) is 16.5. The molecule has 0 atom stereocenters. The van der Waals surface area contributed by atoms with Crippen molar-refractivity contribution in [1.29, 1.82) is 0 Å². The fourth-order valence-electron chi connectivity index (χ4n) is 4.41. The number of aryl methyl sites for hydroxylation is 1. The third kappa shape index (κ3) is 3.00. The minimum Gasteiger partial charge on any atom is -0.481 e. The van der Waals surface area contributed by atoms with E-state index >= 15 is 0 Å². The molecule has 2 aromatic rings. The van der Waals surface area contributed by atoms with Gasteiger partial charge in [0.1, 0.15) is 0 Å². The normalized spacial score (nSPS) is 26.8. The number of carbonyl (C=O) groups excluding carboxylic acids is 1. The van der Waals surface area contributed by atoms with Crippen LogP contribution in [0.5, 0.6) is 0 Å². The molecular weight excluding hydrogens is 330 g/mol. The molecule has 0 bridgehead atoms. The molecule has 2 saturated carbocycles. The lowest BCUT2D eigenvalue weighted by Crippen LogP contribution is -2.53. The molecule has 1 heterocycles. The predicted molar refractivity (Wildman–Crippen MR) is 96.0 cm³/mol. The van der Waals surface area contributed by atoms with Crippen molar-refractivity contribution in [2.24, 2.45) is 24.3 Å². The smallest absolute Gasteiger partial charge is 0.306 e. The van der Waals surface area contributed by atoms with Crippen LogP contribution in [0.4, 0.5) is 0 Å². The first-order valence-corrected chi connectivity index (χ1v) is 9.05. The van der Waals surface area contributed by atoms with Crippen LogP contribution in [-0.4, -0.2) is 26.8 Å². The Kier molecular flexibility index (Phi) is 4.05. The Labute approximate surface area is 152 Å². The van der Waals surface area contributed by atoms with Crippen molar-refractivity contribution in [2.75, 3.05) is 0 Å². The molecule has 2 aliphatic carbocycles. The molecule has 0 aliphatic heterocycles. The topological polar surface area (TPSA) is 84.2 Å². The molecule has 0 radical (unpaired) electrons. The summed E-state index contributed by atoms with van der Waals surface area (Å²) in [5.41, 5.74) is 3.03. The molecular formula is C20H23N3O3. The molecule has 0 unspecified atom stereocenters. The Balaban J connectivity index is 1.30. The molecule has 1 spiro atoms. The van der Waals surface area contributed by atoms with Crippen LogP contribution in [0.15, 0.2) is 36.4 Å². The Morgan fingerprint density at radius 1 is 1.19 bits per heavy atom. The fourth-order valence-corrected chi connectivity index (χ4v) is 4.41. The maximum atomic E-state index is 12.4. The number of hydrogen-bond acceptors (Lipinski definition) is 3. The summed E-state index contributed by atoms with van der Waals surface area (Å²) in [7, 11) is 1.88. The molecule has 1 aromatic carbocycles. The van der Waals surface area contributed by atoms with E-state index < -0.39 is 5.97 Å². The van der Waals surface area contributed by atoms with E-state index in [4.69, 9.17) is 5.11 Å². The van der Waals surface area contributed by atoms with E-state index in [-0.39, 0.29) is 23.2 Å². The second-order valence-corrected chi connectivity index (χ2v) is 7.78. The average Bonchev–Trinajstić information content (AvgIpc) is 2.92. The highest BCUT2D eigenvalue weighted by Crippen LogP contribution is 2.61. The van der Waals surface area contributed by atoms with Crippen molar-refractivity contribution in [3.05, 3.63) is 42.1 Å². The van der Waals surface area contributed by atoms with E-state index in [0.717, 1.165) is 42.6 Å². The van der Waals surface area contributed by atoms with Gasteiger partial charge in [0.15, 0.2) is 0 Å². The van der Waals surface area contributed by atoms with Crippen LogP contribution in [-0.2, 0) is 23.2 Å². The Morgan fingerprint density at radius 3 is 2.50 bits per heavy atom. The maximum absolute atomic E-state index is 12.4. The standard InChI is InChI=1S/C20H23N3O3/c1-23-16(7-17(22-23)13-5-3-2-4-6-13)12-21-18(24)14-8-20(9-14)10-15(11-20)19(25)26/h2-7,14-15H,8-12H2,1H3,(H,21,24)(H,25,26). The Morgan fingerprint density at radius 2 is 1.85 bits per heavy atom. The molecule has 6 nitrogen and oxygen atoms in total. The van der Waals surface area contributed by atoms with Crippen LogP contribution in [0, 0.1) is 17.3 Å². The molecule has 6 heteroatoms. The summed E-state index contributed by atoms with van der Waals surface area (Å²) in [4.78, 5) is 23.3. The Bertz CT molecular complexity index is 829. The van der Waals surface area contributed by atoms with E-state index in [1.807, 2.05) is 43.4 Å². The van der Waals surface area contributed by atoms with Gasteiger partial charge in [0.2, 0.25) is 5.91 Å². The van der Waals surface area contributed by atoms with Gasteiger partial charge in [-0.15, -0.1) is 0 Å². The second kappa shape index (κ2) is 6.27. The molecule has 2 fully saturated rings. The monoisotopic (exact) mass is 353 g/mol. The number of rotatable bonds is 5. The number of hydrogen-bond donors (Lipinski definition) is 2. The van der Waals surface area contributed by atoms with Crippen LogP contribution in [0.1, 0.15) is 31.4 Å². The lowest BCUT2D eigenvalue weighted by atomic mass is 9.48.